The minimum absolute atomic E-state index is 0.164. The maximum atomic E-state index is 10.5. The number of aliphatic carboxylic acids is 1. The summed E-state index contributed by atoms with van der Waals surface area (Å²) in [5.41, 5.74) is 0.599. The lowest BCUT2D eigenvalue weighted by Crippen LogP contribution is -2.24. The van der Waals surface area contributed by atoms with Gasteiger partial charge in [-0.25, -0.2) is 4.79 Å². The second-order valence-corrected chi connectivity index (χ2v) is 6.11. The zero-order chi connectivity index (χ0) is 16.3. The number of carboxylic acid groups (broad SMARTS) is 1. The first-order chi connectivity index (χ1) is 9.76. The Bertz CT molecular complexity index is 411. The van der Waals surface area contributed by atoms with Crippen molar-refractivity contribution in [3.05, 3.63) is 23.8 Å². The van der Waals surface area contributed by atoms with Gasteiger partial charge in [0.1, 0.15) is 6.61 Å². The zero-order valence-corrected chi connectivity index (χ0v) is 13.7. The first-order valence-corrected chi connectivity index (χ1v) is 7.42. The van der Waals surface area contributed by atoms with E-state index in [1.165, 1.54) is 6.08 Å². The van der Waals surface area contributed by atoms with Crippen LogP contribution in [0.4, 0.5) is 0 Å². The van der Waals surface area contributed by atoms with Gasteiger partial charge in [0.05, 0.1) is 5.60 Å². The topological polar surface area (TPSA) is 46.5 Å². The summed E-state index contributed by atoms with van der Waals surface area (Å²) in [6.45, 7) is 8.49. The van der Waals surface area contributed by atoms with Crippen LogP contribution in [0.3, 0.4) is 0 Å². The highest BCUT2D eigenvalue weighted by Gasteiger charge is 2.17. The van der Waals surface area contributed by atoms with Gasteiger partial charge >= 0.3 is 5.97 Å². The summed E-state index contributed by atoms with van der Waals surface area (Å²) in [6.07, 6.45) is 14.5. The summed E-state index contributed by atoms with van der Waals surface area (Å²) in [5, 5.41) is 8.61. The molecule has 0 aliphatic carbocycles. The van der Waals surface area contributed by atoms with Gasteiger partial charge in [-0.3, -0.25) is 0 Å². The van der Waals surface area contributed by atoms with Crippen LogP contribution in [0.15, 0.2) is 23.8 Å². The van der Waals surface area contributed by atoms with Crippen molar-refractivity contribution in [2.45, 2.75) is 59.0 Å². The Morgan fingerprint density at radius 1 is 1.48 bits per heavy atom. The van der Waals surface area contributed by atoms with Crippen LogP contribution in [0.1, 0.15) is 53.4 Å². The Kier molecular flexibility index (Phi) is 9.49. The number of ether oxygens (including phenoxy) is 1. The van der Waals surface area contributed by atoms with E-state index in [1.807, 2.05) is 12.2 Å². The van der Waals surface area contributed by atoms with Crippen LogP contribution < -0.4 is 0 Å². The molecule has 0 aromatic carbocycles. The molecule has 0 fully saturated rings. The average molecular weight is 292 g/mol. The summed E-state index contributed by atoms with van der Waals surface area (Å²) in [7, 11) is 0. The molecule has 0 radical (unpaired) electrons. The fraction of sp³-hybridized carbons (Fsp3) is 0.611. The molecule has 1 unspecified atom stereocenters. The number of rotatable bonds is 10. The fourth-order valence-corrected chi connectivity index (χ4v) is 2.03. The number of terminal acetylenes is 1. The monoisotopic (exact) mass is 292 g/mol. The van der Waals surface area contributed by atoms with Crippen molar-refractivity contribution in [3.8, 4) is 12.3 Å². The predicted octanol–water partition coefficient (Wildman–Crippen LogP) is 4.20. The smallest absolute Gasteiger partial charge is 0.328 e. The lowest BCUT2D eigenvalue weighted by Gasteiger charge is -2.24. The third kappa shape index (κ3) is 12.0. The van der Waals surface area contributed by atoms with Crippen molar-refractivity contribution >= 4 is 5.97 Å². The number of hydrogen-bond acceptors (Lipinski definition) is 2. The van der Waals surface area contributed by atoms with Crippen LogP contribution in [-0.4, -0.2) is 23.3 Å². The van der Waals surface area contributed by atoms with Gasteiger partial charge in [-0.1, -0.05) is 37.8 Å². The van der Waals surface area contributed by atoms with Crippen LogP contribution in [0.25, 0.3) is 0 Å². The summed E-state index contributed by atoms with van der Waals surface area (Å²) < 4.78 is 5.60. The molecule has 0 spiro atoms. The summed E-state index contributed by atoms with van der Waals surface area (Å²) >= 11 is 0. The van der Waals surface area contributed by atoms with Crippen LogP contribution in [0.2, 0.25) is 0 Å². The molecule has 3 nitrogen and oxygen atoms in total. The highest BCUT2D eigenvalue weighted by molar-refractivity contribution is 5.81. The van der Waals surface area contributed by atoms with Crippen molar-refractivity contribution in [1.82, 2.24) is 0 Å². The van der Waals surface area contributed by atoms with E-state index >= 15 is 0 Å². The van der Waals surface area contributed by atoms with Crippen LogP contribution in [-0.2, 0) is 9.53 Å². The van der Waals surface area contributed by atoms with Crippen molar-refractivity contribution in [2.75, 3.05) is 6.61 Å². The minimum atomic E-state index is -0.903. The van der Waals surface area contributed by atoms with E-state index in [-0.39, 0.29) is 5.60 Å². The van der Waals surface area contributed by atoms with E-state index in [2.05, 4.69) is 26.7 Å². The molecule has 0 saturated heterocycles. The Labute approximate surface area is 129 Å². The Balaban J connectivity index is 3.96. The van der Waals surface area contributed by atoms with Gasteiger partial charge in [0.2, 0.25) is 0 Å². The minimum Gasteiger partial charge on any atom is -0.478 e. The van der Waals surface area contributed by atoms with Crippen LogP contribution in [0, 0.1) is 18.3 Å². The molecule has 0 amide bonds. The van der Waals surface area contributed by atoms with Crippen molar-refractivity contribution < 1.29 is 14.6 Å². The van der Waals surface area contributed by atoms with Gasteiger partial charge in [0, 0.05) is 6.08 Å². The molecule has 1 N–H and O–H groups in total. The van der Waals surface area contributed by atoms with E-state index in [0.29, 0.717) is 12.5 Å². The highest BCUT2D eigenvalue weighted by atomic mass is 16.5. The second-order valence-electron chi connectivity index (χ2n) is 6.11. The van der Waals surface area contributed by atoms with E-state index in [1.54, 1.807) is 6.92 Å². The van der Waals surface area contributed by atoms with Crippen molar-refractivity contribution in [3.63, 3.8) is 0 Å². The standard InChI is InChI=1S/C18H28O3/c1-6-13-21-18(4,5)12-8-11-15(2)9-7-10-16(3)14-17(19)20/h1,7,10,14-15H,8-9,11-13H2,2-5H3,(H,19,20). The lowest BCUT2D eigenvalue weighted by molar-refractivity contribution is -0.131. The number of allylic oxidation sites excluding steroid dienone is 3. The zero-order valence-electron chi connectivity index (χ0n) is 13.7. The van der Waals surface area contributed by atoms with Gasteiger partial charge in [-0.05, 0) is 45.1 Å². The SMILES string of the molecule is C#CCOC(C)(C)CCCC(C)CC=CC(C)=CC(=O)O. The molecule has 0 rings (SSSR count). The van der Waals surface area contributed by atoms with Crippen molar-refractivity contribution in [1.29, 1.82) is 0 Å². The molecule has 21 heavy (non-hydrogen) atoms. The van der Waals surface area contributed by atoms with Crippen LogP contribution in [0.5, 0.6) is 0 Å². The molecule has 118 valence electrons. The summed E-state index contributed by atoms with van der Waals surface area (Å²) in [4.78, 5) is 10.5. The largest absolute Gasteiger partial charge is 0.478 e. The van der Waals surface area contributed by atoms with Gasteiger partial charge in [0.15, 0.2) is 0 Å². The van der Waals surface area contributed by atoms with Gasteiger partial charge < -0.3 is 9.84 Å². The first kappa shape index (κ1) is 19.5. The van der Waals surface area contributed by atoms with E-state index < -0.39 is 5.97 Å². The molecule has 0 aromatic heterocycles. The summed E-state index contributed by atoms with van der Waals surface area (Å²) in [6, 6.07) is 0. The first-order valence-electron chi connectivity index (χ1n) is 7.42. The van der Waals surface area contributed by atoms with Gasteiger partial charge in [-0.15, -0.1) is 6.42 Å². The molecule has 0 heterocycles. The molecular formula is C18H28O3. The maximum absolute atomic E-state index is 10.5. The van der Waals surface area contributed by atoms with Crippen LogP contribution >= 0.6 is 0 Å². The van der Waals surface area contributed by atoms with Crippen molar-refractivity contribution in [2.24, 2.45) is 5.92 Å². The predicted molar refractivity (Wildman–Crippen MR) is 87.0 cm³/mol. The van der Waals surface area contributed by atoms with Gasteiger partial charge in [-0.2, -0.15) is 0 Å². The fourth-order valence-electron chi connectivity index (χ4n) is 2.03. The molecule has 0 bridgehead atoms. The molecule has 3 heteroatoms. The Hall–Kier alpha value is -1.53. The Morgan fingerprint density at radius 2 is 2.14 bits per heavy atom. The molecule has 0 aliphatic rings. The molecular weight excluding hydrogens is 264 g/mol. The molecule has 0 aliphatic heterocycles. The third-order valence-electron chi connectivity index (χ3n) is 3.29. The number of hydrogen-bond donors (Lipinski definition) is 1. The van der Waals surface area contributed by atoms with E-state index in [9.17, 15) is 4.79 Å². The second kappa shape index (κ2) is 10.2. The number of carboxylic acids is 1. The number of carbonyl (C=O) groups is 1. The maximum Gasteiger partial charge on any atom is 0.328 e. The highest BCUT2D eigenvalue weighted by Crippen LogP contribution is 2.21. The Morgan fingerprint density at radius 3 is 2.71 bits per heavy atom. The molecule has 0 aromatic rings. The third-order valence-corrected chi connectivity index (χ3v) is 3.29. The lowest BCUT2D eigenvalue weighted by atomic mass is 9.94. The normalized spacial score (nSPS) is 14.1. The average Bonchev–Trinajstić information content (AvgIpc) is 2.35. The summed E-state index contributed by atoms with van der Waals surface area (Å²) in [5.74, 6) is 2.16. The molecule has 1 atom stereocenters. The van der Waals surface area contributed by atoms with E-state index in [0.717, 1.165) is 31.3 Å². The van der Waals surface area contributed by atoms with E-state index in [4.69, 9.17) is 16.3 Å². The molecule has 0 saturated carbocycles. The quantitative estimate of drug-likeness (QED) is 0.373. The van der Waals surface area contributed by atoms with Gasteiger partial charge in [0.25, 0.3) is 0 Å².